The van der Waals surface area contributed by atoms with Gasteiger partial charge in [-0.2, -0.15) is 15.3 Å². The van der Waals surface area contributed by atoms with E-state index >= 15 is 0 Å². The van der Waals surface area contributed by atoms with Crippen LogP contribution < -0.4 is 0 Å². The topological polar surface area (TPSA) is 95.8 Å². The summed E-state index contributed by atoms with van der Waals surface area (Å²) in [5.74, 6) is 2.61. The number of hydrogen-bond acceptors (Lipinski definition) is 6. The van der Waals surface area contributed by atoms with Crippen LogP contribution in [0.15, 0.2) is 18.6 Å². The maximum atomic E-state index is 4.19. The zero-order chi connectivity index (χ0) is 32.9. The molecule has 0 radical (unpaired) electrons. The number of nitrogens with one attached hydrogen (secondary N) is 3. The molecule has 6 aliphatic rings. The molecule has 0 aromatic carbocycles. The van der Waals surface area contributed by atoms with Crippen molar-refractivity contribution in [2.24, 2.45) is 17.8 Å². The highest BCUT2D eigenvalue weighted by Crippen LogP contribution is 2.36. The van der Waals surface area contributed by atoms with Crippen LogP contribution in [0.1, 0.15) is 112 Å². The smallest absolute Gasteiger partial charge is 0.0522 e. The lowest BCUT2D eigenvalue weighted by Gasteiger charge is -2.43. The maximum Gasteiger partial charge on any atom is 0.0522 e. The predicted octanol–water partition coefficient (Wildman–Crippen LogP) is 6.00. The zero-order valence-corrected chi connectivity index (χ0v) is 30.2. The molecule has 3 aliphatic heterocycles. The fourth-order valence-electron chi connectivity index (χ4n) is 10.5. The van der Waals surface area contributed by atoms with E-state index < -0.39 is 0 Å². The quantitative estimate of drug-likeness (QED) is 0.301. The lowest BCUT2D eigenvalue weighted by atomic mass is 9.77. The zero-order valence-electron chi connectivity index (χ0n) is 30.2. The number of aromatic amines is 3. The number of H-pyrrole nitrogens is 3. The Bertz CT molecular complexity index is 1230. The average molecular weight is 658 g/mol. The molecule has 48 heavy (non-hydrogen) atoms. The van der Waals surface area contributed by atoms with Crippen molar-refractivity contribution >= 4 is 0 Å². The molecule has 6 atom stereocenters. The minimum Gasteiger partial charge on any atom is -0.300 e. The largest absolute Gasteiger partial charge is 0.300 e. The normalized spacial score (nSPS) is 29.8. The molecular formula is C39H63N9. The highest BCUT2D eigenvalue weighted by molar-refractivity contribution is 5.25. The Morgan fingerprint density at radius 1 is 0.500 bits per heavy atom. The van der Waals surface area contributed by atoms with Gasteiger partial charge in [-0.25, -0.2) is 0 Å². The van der Waals surface area contributed by atoms with Crippen LogP contribution in [0.2, 0.25) is 0 Å². The van der Waals surface area contributed by atoms with Crippen LogP contribution in [0.5, 0.6) is 0 Å². The van der Waals surface area contributed by atoms with Crippen LogP contribution in [0, 0.1) is 17.8 Å². The third kappa shape index (κ3) is 7.48. The molecule has 3 aliphatic carbocycles. The van der Waals surface area contributed by atoms with Crippen molar-refractivity contribution in [3.8, 4) is 0 Å². The molecule has 264 valence electrons. The van der Waals surface area contributed by atoms with E-state index in [4.69, 9.17) is 0 Å². The van der Waals surface area contributed by atoms with Gasteiger partial charge in [-0.05, 0) is 170 Å². The molecule has 3 aromatic heterocycles. The third-order valence-electron chi connectivity index (χ3n) is 12.7. The highest BCUT2D eigenvalue weighted by Gasteiger charge is 2.38. The molecule has 9 nitrogen and oxygen atoms in total. The van der Waals surface area contributed by atoms with Gasteiger partial charge in [0.2, 0.25) is 0 Å². The Morgan fingerprint density at radius 3 is 1.10 bits per heavy atom. The molecule has 3 N–H and O–H groups in total. The first-order valence-electron chi connectivity index (χ1n) is 19.9. The van der Waals surface area contributed by atoms with E-state index in [0.717, 1.165) is 35.9 Å². The lowest BCUT2D eigenvalue weighted by Crippen LogP contribution is -2.49. The first-order valence-corrected chi connectivity index (χ1v) is 19.9. The second-order valence-electron chi connectivity index (χ2n) is 15.9. The van der Waals surface area contributed by atoms with Crippen LogP contribution in [0.25, 0.3) is 0 Å². The van der Waals surface area contributed by atoms with E-state index in [2.05, 4.69) is 66.1 Å². The maximum absolute atomic E-state index is 4.19. The first-order chi connectivity index (χ1) is 23.6. The Hall–Kier alpha value is -2.49. The van der Waals surface area contributed by atoms with E-state index in [0.29, 0.717) is 0 Å². The first kappa shape index (κ1) is 34.0. The molecule has 3 fully saturated rings. The second-order valence-corrected chi connectivity index (χ2v) is 15.9. The van der Waals surface area contributed by atoms with Gasteiger partial charge in [0.1, 0.15) is 0 Å². The minimum absolute atomic E-state index is 0.791. The van der Waals surface area contributed by atoms with Gasteiger partial charge in [-0.15, -0.1) is 0 Å². The van der Waals surface area contributed by atoms with E-state index in [9.17, 15) is 0 Å². The molecule has 0 spiro atoms. The van der Waals surface area contributed by atoms with Crippen LogP contribution >= 0.6 is 0 Å². The predicted molar refractivity (Wildman–Crippen MR) is 193 cm³/mol. The monoisotopic (exact) mass is 658 g/mol. The third-order valence-corrected chi connectivity index (χ3v) is 12.7. The fourth-order valence-corrected chi connectivity index (χ4v) is 10.5. The Kier molecular flexibility index (Phi) is 11.3. The SMILES string of the molecule is CCCN1CCC[C@@H]2Cc3[nH]ncc3C[C@H]21.CCCN1CCC[C@@H]2Cc3[nH]ncc3C[C@H]21.CCCN1CCC[C@@H]2Cc3[nH]ncc3C[C@H]21. The van der Waals surface area contributed by atoms with Crippen LogP contribution in [-0.2, 0) is 38.5 Å². The molecule has 9 heteroatoms. The molecule has 0 saturated carbocycles. The van der Waals surface area contributed by atoms with Gasteiger partial charge < -0.3 is 0 Å². The van der Waals surface area contributed by atoms with Crippen molar-refractivity contribution in [1.29, 1.82) is 0 Å². The summed E-state index contributed by atoms with van der Waals surface area (Å²) in [6.07, 6.45) is 25.6. The highest BCUT2D eigenvalue weighted by atomic mass is 15.2. The van der Waals surface area contributed by atoms with Crippen molar-refractivity contribution in [2.45, 2.75) is 135 Å². The summed E-state index contributed by atoms with van der Waals surface area (Å²) >= 11 is 0. The van der Waals surface area contributed by atoms with Crippen molar-refractivity contribution in [3.05, 3.63) is 52.4 Å². The van der Waals surface area contributed by atoms with Crippen molar-refractivity contribution in [2.75, 3.05) is 39.3 Å². The summed E-state index contributed by atoms with van der Waals surface area (Å²) < 4.78 is 0. The molecule has 3 aromatic rings. The van der Waals surface area contributed by atoms with Crippen molar-refractivity contribution in [3.63, 3.8) is 0 Å². The van der Waals surface area contributed by atoms with Crippen LogP contribution in [0.4, 0.5) is 0 Å². The number of nitrogens with zero attached hydrogens (tertiary/aromatic N) is 6. The van der Waals surface area contributed by atoms with Crippen LogP contribution in [-0.4, -0.2) is 103 Å². The van der Waals surface area contributed by atoms with Crippen molar-refractivity contribution in [1.82, 2.24) is 45.3 Å². The Morgan fingerprint density at radius 2 is 0.812 bits per heavy atom. The van der Waals surface area contributed by atoms with E-state index in [1.165, 1.54) is 169 Å². The van der Waals surface area contributed by atoms with E-state index in [-0.39, 0.29) is 0 Å². The average Bonchev–Trinajstić information content (AvgIpc) is 3.88. The summed E-state index contributed by atoms with van der Waals surface area (Å²) in [5.41, 5.74) is 8.59. The molecule has 3 saturated heterocycles. The standard InChI is InChI=1S/3C13H21N3/c3*1-2-5-16-6-3-4-10-7-12-11(8-13(10)16)9-14-15-12/h3*9-10,13H,2-8H2,1H3,(H,14,15)/t3*10-,13-/m111/s1. The molecule has 0 unspecified atom stereocenters. The number of hydrogen-bond donors (Lipinski definition) is 3. The lowest BCUT2D eigenvalue weighted by molar-refractivity contribution is 0.0850. The fraction of sp³-hybridized carbons (Fsp3) is 0.769. The van der Waals surface area contributed by atoms with Gasteiger partial charge >= 0.3 is 0 Å². The number of rotatable bonds is 6. The molecule has 9 rings (SSSR count). The second kappa shape index (κ2) is 16.0. The van der Waals surface area contributed by atoms with Gasteiger partial charge in [-0.1, -0.05) is 20.8 Å². The number of piperidine rings is 3. The van der Waals surface area contributed by atoms with E-state index in [1.807, 2.05) is 18.6 Å². The van der Waals surface area contributed by atoms with Crippen LogP contribution in [0.3, 0.4) is 0 Å². The summed E-state index contributed by atoms with van der Waals surface area (Å²) in [5, 5.41) is 22.1. The molecule has 0 amide bonds. The minimum atomic E-state index is 0.791. The summed E-state index contributed by atoms with van der Waals surface area (Å²) in [6, 6.07) is 2.37. The van der Waals surface area contributed by atoms with Gasteiger partial charge in [0.05, 0.1) is 18.6 Å². The summed E-state index contributed by atoms with van der Waals surface area (Å²) in [7, 11) is 0. The number of likely N-dealkylation sites (tertiary alicyclic amines) is 3. The van der Waals surface area contributed by atoms with Gasteiger partial charge in [0.15, 0.2) is 0 Å². The van der Waals surface area contributed by atoms with Crippen molar-refractivity contribution < 1.29 is 0 Å². The molecule has 6 heterocycles. The van der Waals surface area contributed by atoms with Gasteiger partial charge in [0.25, 0.3) is 0 Å². The number of fused-ring (bicyclic) bond motifs is 6. The Labute approximate surface area is 289 Å². The van der Waals surface area contributed by atoms with Gasteiger partial charge in [0, 0.05) is 35.2 Å². The number of aromatic nitrogens is 6. The summed E-state index contributed by atoms with van der Waals surface area (Å²) in [4.78, 5) is 8.14. The molecule has 0 bridgehead atoms. The summed E-state index contributed by atoms with van der Waals surface area (Å²) in [6.45, 7) is 14.6. The molecular weight excluding hydrogens is 594 g/mol. The Balaban J connectivity index is 0.000000114. The van der Waals surface area contributed by atoms with Gasteiger partial charge in [-0.3, -0.25) is 30.0 Å². The van der Waals surface area contributed by atoms with E-state index in [1.54, 1.807) is 0 Å².